The molecule has 2 aromatic rings. The van der Waals surface area contributed by atoms with Gasteiger partial charge < -0.3 is 5.73 Å². The molecule has 0 aromatic heterocycles. The van der Waals surface area contributed by atoms with E-state index >= 15 is 0 Å². The number of benzene rings is 2. The average molecular weight is 328 g/mol. The summed E-state index contributed by atoms with van der Waals surface area (Å²) in [5.41, 5.74) is 6.68. The number of carbonyl (C=O) groups excluding carboxylic acids is 1. The summed E-state index contributed by atoms with van der Waals surface area (Å²) >= 11 is 5.89. The monoisotopic (exact) mass is 327 g/mol. The summed E-state index contributed by atoms with van der Waals surface area (Å²) in [6.45, 7) is 1.80. The van der Waals surface area contributed by atoms with Crippen molar-refractivity contribution < 1.29 is 18.0 Å². The number of hydrogen-bond acceptors (Lipinski definition) is 2. The molecule has 0 atom stereocenters. The van der Waals surface area contributed by atoms with Gasteiger partial charge in [-0.25, -0.2) is 0 Å². The molecule has 0 radical (unpaired) electrons. The van der Waals surface area contributed by atoms with Crippen LogP contribution in [-0.4, -0.2) is 5.78 Å². The van der Waals surface area contributed by atoms with E-state index in [1.54, 1.807) is 19.1 Å². The fourth-order valence-electron chi connectivity index (χ4n) is 1.98. The number of Topliss-reactive ketones (excluding diaryl/α,β-unsaturated/α-hetero) is 1. The van der Waals surface area contributed by atoms with Crippen LogP contribution in [0.4, 0.5) is 18.9 Å². The molecule has 0 unspecified atom stereocenters. The van der Waals surface area contributed by atoms with Crippen LogP contribution in [0.5, 0.6) is 0 Å². The second-order valence-corrected chi connectivity index (χ2v) is 5.38. The third-order valence-corrected chi connectivity index (χ3v) is 3.69. The van der Waals surface area contributed by atoms with Crippen molar-refractivity contribution in [1.82, 2.24) is 0 Å². The van der Waals surface area contributed by atoms with Crippen molar-refractivity contribution in [3.8, 4) is 0 Å². The van der Waals surface area contributed by atoms with Gasteiger partial charge in [-0.05, 0) is 42.3 Å². The van der Waals surface area contributed by atoms with Crippen molar-refractivity contribution in [2.75, 3.05) is 5.73 Å². The second-order valence-electron chi connectivity index (χ2n) is 4.98. The number of ketones is 1. The molecule has 0 heterocycles. The average Bonchev–Trinajstić information content (AvgIpc) is 2.43. The summed E-state index contributed by atoms with van der Waals surface area (Å²) in [6, 6.07) is 7.74. The SMILES string of the molecule is Cc1ccc(C(=O)Cc2cc(C(F)(F)F)ccc2Cl)cc1N. The Morgan fingerprint density at radius 1 is 1.18 bits per heavy atom. The highest BCUT2D eigenvalue weighted by molar-refractivity contribution is 6.31. The van der Waals surface area contributed by atoms with Crippen molar-refractivity contribution in [2.24, 2.45) is 0 Å². The molecule has 2 N–H and O–H groups in total. The Morgan fingerprint density at radius 3 is 2.45 bits per heavy atom. The number of carbonyl (C=O) groups is 1. The topological polar surface area (TPSA) is 43.1 Å². The largest absolute Gasteiger partial charge is 0.416 e. The van der Waals surface area contributed by atoms with Gasteiger partial charge in [-0.2, -0.15) is 13.2 Å². The van der Waals surface area contributed by atoms with Crippen LogP contribution in [0.15, 0.2) is 36.4 Å². The van der Waals surface area contributed by atoms with Crippen LogP contribution < -0.4 is 5.73 Å². The lowest BCUT2D eigenvalue weighted by atomic mass is 9.99. The molecule has 116 valence electrons. The first-order valence-corrected chi connectivity index (χ1v) is 6.81. The van der Waals surface area contributed by atoms with E-state index in [1.807, 2.05) is 0 Å². The van der Waals surface area contributed by atoms with Crippen LogP contribution in [0.1, 0.15) is 27.0 Å². The first kappa shape index (κ1) is 16.4. The van der Waals surface area contributed by atoms with Crippen molar-refractivity contribution in [1.29, 1.82) is 0 Å². The molecule has 22 heavy (non-hydrogen) atoms. The first-order chi connectivity index (χ1) is 10.2. The summed E-state index contributed by atoms with van der Waals surface area (Å²) in [5, 5.41) is 0.126. The number of nitrogen functional groups attached to an aromatic ring is 1. The van der Waals surface area contributed by atoms with Gasteiger partial charge in [0.25, 0.3) is 0 Å². The molecule has 2 aromatic carbocycles. The first-order valence-electron chi connectivity index (χ1n) is 6.43. The van der Waals surface area contributed by atoms with E-state index in [2.05, 4.69) is 0 Å². The van der Waals surface area contributed by atoms with Crippen LogP contribution in [0.25, 0.3) is 0 Å². The molecule has 0 aliphatic carbocycles. The van der Waals surface area contributed by atoms with E-state index in [4.69, 9.17) is 17.3 Å². The number of rotatable bonds is 3. The number of anilines is 1. The molecule has 0 fully saturated rings. The lowest BCUT2D eigenvalue weighted by Gasteiger charge is -2.10. The van der Waals surface area contributed by atoms with Crippen molar-refractivity contribution in [3.63, 3.8) is 0 Å². The maximum atomic E-state index is 12.7. The van der Waals surface area contributed by atoms with Gasteiger partial charge in [0.1, 0.15) is 0 Å². The molecule has 6 heteroatoms. The maximum Gasteiger partial charge on any atom is 0.416 e. The highest BCUT2D eigenvalue weighted by Crippen LogP contribution is 2.32. The van der Waals surface area contributed by atoms with Gasteiger partial charge in [-0.3, -0.25) is 4.79 Å². The van der Waals surface area contributed by atoms with Gasteiger partial charge in [0.05, 0.1) is 5.56 Å². The standard InChI is InChI=1S/C16H13ClF3NO/c1-9-2-3-10(7-14(9)21)15(22)8-11-6-12(16(18,19)20)4-5-13(11)17/h2-7H,8,21H2,1H3. The Bertz CT molecular complexity index is 726. The van der Waals surface area contributed by atoms with E-state index in [9.17, 15) is 18.0 Å². The molecule has 0 saturated heterocycles. The van der Waals surface area contributed by atoms with E-state index in [1.165, 1.54) is 6.07 Å². The molecule has 2 rings (SSSR count). The summed E-state index contributed by atoms with van der Waals surface area (Å²) in [5.74, 6) is -0.340. The van der Waals surface area contributed by atoms with Gasteiger partial charge in [-0.15, -0.1) is 0 Å². The summed E-state index contributed by atoms with van der Waals surface area (Å²) in [6.07, 6.45) is -4.69. The van der Waals surface area contributed by atoms with Crippen LogP contribution >= 0.6 is 11.6 Å². The third kappa shape index (κ3) is 3.60. The Morgan fingerprint density at radius 2 is 1.86 bits per heavy atom. The smallest absolute Gasteiger partial charge is 0.398 e. The molecular formula is C16H13ClF3NO. The zero-order chi connectivity index (χ0) is 16.5. The Labute approximate surface area is 130 Å². The zero-order valence-electron chi connectivity index (χ0n) is 11.7. The van der Waals surface area contributed by atoms with Gasteiger partial charge >= 0.3 is 6.18 Å². The number of hydrogen-bond donors (Lipinski definition) is 1. The quantitative estimate of drug-likeness (QED) is 0.657. The third-order valence-electron chi connectivity index (χ3n) is 3.33. The van der Waals surface area contributed by atoms with E-state index < -0.39 is 11.7 Å². The van der Waals surface area contributed by atoms with Crippen molar-refractivity contribution in [3.05, 3.63) is 63.7 Å². The fraction of sp³-hybridized carbons (Fsp3) is 0.188. The number of alkyl halides is 3. The maximum absolute atomic E-state index is 12.7. The minimum atomic E-state index is -4.48. The van der Waals surface area contributed by atoms with Crippen molar-refractivity contribution >= 4 is 23.1 Å². The minimum Gasteiger partial charge on any atom is -0.398 e. The number of aryl methyl sites for hydroxylation is 1. The molecule has 0 bridgehead atoms. The Balaban J connectivity index is 2.29. The van der Waals surface area contributed by atoms with Crippen LogP contribution in [-0.2, 0) is 12.6 Å². The second kappa shape index (κ2) is 6.01. The van der Waals surface area contributed by atoms with Crippen LogP contribution in [0, 0.1) is 6.92 Å². The molecular weight excluding hydrogens is 315 g/mol. The van der Waals surface area contributed by atoms with Gasteiger partial charge in [0.2, 0.25) is 0 Å². The van der Waals surface area contributed by atoms with E-state index in [-0.39, 0.29) is 22.8 Å². The number of halogens is 4. The Hall–Kier alpha value is -2.01. The van der Waals surface area contributed by atoms with Crippen LogP contribution in [0.3, 0.4) is 0 Å². The molecule has 0 saturated carbocycles. The van der Waals surface area contributed by atoms with Crippen LogP contribution in [0.2, 0.25) is 5.02 Å². The van der Waals surface area contributed by atoms with Crippen molar-refractivity contribution in [2.45, 2.75) is 19.5 Å². The van der Waals surface area contributed by atoms with Gasteiger partial charge in [-0.1, -0.05) is 23.7 Å². The molecule has 0 aliphatic heterocycles. The molecule has 0 aliphatic rings. The minimum absolute atomic E-state index is 0.126. The Kier molecular flexibility index (Phi) is 4.47. The van der Waals surface area contributed by atoms with E-state index in [0.717, 1.165) is 23.8 Å². The predicted molar refractivity (Wildman–Crippen MR) is 80.1 cm³/mol. The lowest BCUT2D eigenvalue weighted by Crippen LogP contribution is -2.09. The summed E-state index contributed by atoms with van der Waals surface area (Å²) in [4.78, 5) is 12.2. The highest BCUT2D eigenvalue weighted by Gasteiger charge is 2.31. The number of nitrogens with two attached hydrogens (primary N) is 1. The molecule has 2 nitrogen and oxygen atoms in total. The molecule has 0 amide bonds. The van der Waals surface area contributed by atoms with Gasteiger partial charge in [0.15, 0.2) is 5.78 Å². The fourth-order valence-corrected chi connectivity index (χ4v) is 2.16. The lowest BCUT2D eigenvalue weighted by molar-refractivity contribution is -0.137. The predicted octanol–water partition coefficient (Wildman–Crippen LogP) is 4.67. The summed E-state index contributed by atoms with van der Waals surface area (Å²) in [7, 11) is 0. The zero-order valence-corrected chi connectivity index (χ0v) is 12.4. The summed E-state index contributed by atoms with van der Waals surface area (Å²) < 4.78 is 38.1. The molecule has 0 spiro atoms. The normalized spacial score (nSPS) is 11.5. The van der Waals surface area contributed by atoms with Gasteiger partial charge in [0, 0.05) is 22.7 Å². The van der Waals surface area contributed by atoms with E-state index in [0.29, 0.717) is 11.3 Å². The highest BCUT2D eigenvalue weighted by atomic mass is 35.5.